The molecule has 2 rings (SSSR count). The summed E-state index contributed by atoms with van der Waals surface area (Å²) in [4.78, 5) is 18.9. The molecule has 0 radical (unpaired) electrons. The summed E-state index contributed by atoms with van der Waals surface area (Å²) < 4.78 is 5.91. The third-order valence-corrected chi connectivity index (χ3v) is 4.66. The van der Waals surface area contributed by atoms with Crippen molar-refractivity contribution in [1.82, 2.24) is 10.2 Å². The second-order valence-electron chi connectivity index (χ2n) is 7.59. The number of nitrogens with zero attached hydrogens (tertiary/aromatic N) is 2. The van der Waals surface area contributed by atoms with Gasteiger partial charge in [0.25, 0.3) is 0 Å². The van der Waals surface area contributed by atoms with Gasteiger partial charge in [-0.1, -0.05) is 12.2 Å². The maximum atomic E-state index is 12.6. The van der Waals surface area contributed by atoms with Gasteiger partial charge in [-0.25, -0.2) is 4.99 Å². The fourth-order valence-corrected chi connectivity index (χ4v) is 2.92. The monoisotopic (exact) mass is 333 g/mol. The van der Waals surface area contributed by atoms with Crippen molar-refractivity contribution in [2.45, 2.75) is 46.1 Å². The van der Waals surface area contributed by atoms with Crippen LogP contribution in [0, 0.1) is 11.3 Å². The number of aliphatic imine (C=N–C) groups is 1. The van der Waals surface area contributed by atoms with Gasteiger partial charge in [-0.15, -0.1) is 0 Å². The number of carbonyl (C=O) groups excluding carboxylic acids is 1. The number of hydrogen-bond acceptors (Lipinski definition) is 4. The van der Waals surface area contributed by atoms with Gasteiger partial charge < -0.3 is 15.0 Å². The summed E-state index contributed by atoms with van der Waals surface area (Å²) >= 11 is 0. The Labute approximate surface area is 145 Å². The van der Waals surface area contributed by atoms with Crippen molar-refractivity contribution in [2.75, 3.05) is 26.7 Å². The van der Waals surface area contributed by atoms with E-state index >= 15 is 0 Å². The molecule has 1 N–H and O–H groups in total. The van der Waals surface area contributed by atoms with Crippen LogP contribution in [0.25, 0.3) is 0 Å². The SMILES string of the molecule is C=N/C(OCC(C)(C)C(=O)N[C@@H]1CCN(C)C1)=C(\C=C/C)C1CC1. The topological polar surface area (TPSA) is 53.9 Å². The van der Waals surface area contributed by atoms with Crippen LogP contribution in [0.1, 0.15) is 40.0 Å². The molecule has 1 atom stereocenters. The summed E-state index contributed by atoms with van der Waals surface area (Å²) in [6, 6.07) is 0.236. The number of carbonyl (C=O) groups is 1. The van der Waals surface area contributed by atoms with Gasteiger partial charge in [-0.3, -0.25) is 4.79 Å². The second kappa shape index (κ2) is 7.97. The van der Waals surface area contributed by atoms with Crippen LogP contribution >= 0.6 is 0 Å². The molecule has 1 aliphatic heterocycles. The Balaban J connectivity index is 1.95. The van der Waals surface area contributed by atoms with Crippen LogP contribution in [0.2, 0.25) is 0 Å². The predicted octanol–water partition coefficient (Wildman–Crippen LogP) is 2.75. The average molecular weight is 333 g/mol. The molecule has 1 saturated carbocycles. The smallest absolute Gasteiger partial charge is 0.229 e. The Bertz CT molecular complexity index is 533. The highest BCUT2D eigenvalue weighted by atomic mass is 16.5. The highest BCUT2D eigenvalue weighted by Gasteiger charge is 2.33. The summed E-state index contributed by atoms with van der Waals surface area (Å²) in [7, 11) is 2.08. The Morgan fingerprint density at radius 3 is 2.62 bits per heavy atom. The fourth-order valence-electron chi connectivity index (χ4n) is 2.92. The van der Waals surface area contributed by atoms with E-state index in [9.17, 15) is 4.79 Å². The van der Waals surface area contributed by atoms with Crippen LogP contribution in [-0.2, 0) is 9.53 Å². The molecular weight excluding hydrogens is 302 g/mol. The molecular formula is C19H31N3O2. The molecule has 0 spiro atoms. The van der Waals surface area contributed by atoms with Crippen molar-refractivity contribution in [1.29, 1.82) is 0 Å². The van der Waals surface area contributed by atoms with E-state index in [4.69, 9.17) is 4.74 Å². The van der Waals surface area contributed by atoms with Gasteiger partial charge in [0, 0.05) is 18.2 Å². The molecule has 5 heteroatoms. The first-order valence-corrected chi connectivity index (χ1v) is 8.83. The zero-order chi connectivity index (χ0) is 17.7. The first-order chi connectivity index (χ1) is 11.4. The van der Waals surface area contributed by atoms with Gasteiger partial charge in [0.05, 0.1) is 5.41 Å². The average Bonchev–Trinajstić information content (AvgIpc) is 3.29. The lowest BCUT2D eigenvalue weighted by Crippen LogP contribution is -2.45. The number of likely N-dealkylation sites (tertiary alicyclic amines) is 1. The Morgan fingerprint density at radius 2 is 2.12 bits per heavy atom. The maximum absolute atomic E-state index is 12.6. The van der Waals surface area contributed by atoms with E-state index in [1.165, 1.54) is 12.8 Å². The van der Waals surface area contributed by atoms with E-state index in [2.05, 4.69) is 29.0 Å². The molecule has 2 aliphatic rings. The number of rotatable bonds is 8. The quantitative estimate of drug-likeness (QED) is 0.422. The summed E-state index contributed by atoms with van der Waals surface area (Å²) in [5.74, 6) is 1.12. The standard InChI is InChI=1S/C19H31N3O2/c1-6-7-16(14-8-9-14)17(20-4)24-13-19(2,3)18(23)21-15-10-11-22(5)12-15/h6-7,14-15H,4,8-13H2,1-3,5H3,(H,21,23)/b7-6-,17-16-/t15-/m1/s1. The summed E-state index contributed by atoms with van der Waals surface area (Å²) in [6.07, 6.45) is 7.38. The van der Waals surface area contributed by atoms with Crippen molar-refractivity contribution >= 4 is 12.6 Å². The van der Waals surface area contributed by atoms with Crippen molar-refractivity contribution < 1.29 is 9.53 Å². The van der Waals surface area contributed by atoms with Crippen LogP contribution in [0.3, 0.4) is 0 Å². The zero-order valence-corrected chi connectivity index (χ0v) is 15.5. The number of nitrogens with one attached hydrogen (secondary N) is 1. The predicted molar refractivity (Wildman–Crippen MR) is 97.9 cm³/mol. The third kappa shape index (κ3) is 4.94. The van der Waals surface area contributed by atoms with E-state index in [1.54, 1.807) is 0 Å². The number of ether oxygens (including phenoxy) is 1. The molecule has 2 fully saturated rings. The summed E-state index contributed by atoms with van der Waals surface area (Å²) in [5.41, 5.74) is 0.489. The minimum Gasteiger partial charge on any atom is -0.476 e. The van der Waals surface area contributed by atoms with Crippen molar-refractivity contribution in [2.24, 2.45) is 16.3 Å². The summed E-state index contributed by atoms with van der Waals surface area (Å²) in [6.45, 7) is 11.7. The van der Waals surface area contributed by atoms with Crippen molar-refractivity contribution in [3.8, 4) is 0 Å². The fraction of sp³-hybridized carbons (Fsp3) is 0.684. The normalized spacial score (nSPS) is 23.2. The Morgan fingerprint density at radius 1 is 1.42 bits per heavy atom. The van der Waals surface area contributed by atoms with Crippen LogP contribution in [-0.4, -0.2) is 50.3 Å². The van der Waals surface area contributed by atoms with Crippen molar-refractivity contribution in [3.63, 3.8) is 0 Å². The number of hydrogen-bond donors (Lipinski definition) is 1. The highest BCUT2D eigenvalue weighted by molar-refractivity contribution is 5.82. The second-order valence-corrected chi connectivity index (χ2v) is 7.59. The van der Waals surface area contributed by atoms with Gasteiger partial charge in [0.15, 0.2) is 0 Å². The van der Waals surface area contributed by atoms with Crippen LogP contribution < -0.4 is 5.32 Å². The maximum Gasteiger partial charge on any atom is 0.229 e. The minimum absolute atomic E-state index is 0.0326. The Kier molecular flexibility index (Phi) is 6.21. The van der Waals surface area contributed by atoms with Gasteiger partial charge in [-0.05, 0) is 66.3 Å². The zero-order valence-electron chi connectivity index (χ0n) is 15.5. The first kappa shape index (κ1) is 18.7. The molecule has 134 valence electrons. The lowest BCUT2D eigenvalue weighted by atomic mass is 9.93. The molecule has 0 unspecified atom stereocenters. The van der Waals surface area contributed by atoms with Crippen LogP contribution in [0.15, 0.2) is 28.6 Å². The molecule has 5 nitrogen and oxygen atoms in total. The first-order valence-electron chi connectivity index (χ1n) is 8.83. The summed E-state index contributed by atoms with van der Waals surface area (Å²) in [5, 5.41) is 3.14. The van der Waals surface area contributed by atoms with E-state index in [0.29, 0.717) is 18.4 Å². The minimum atomic E-state index is -0.609. The third-order valence-electron chi connectivity index (χ3n) is 4.66. The lowest BCUT2D eigenvalue weighted by Gasteiger charge is -2.26. The molecule has 0 aromatic carbocycles. The molecule has 0 aromatic heterocycles. The largest absolute Gasteiger partial charge is 0.476 e. The molecule has 0 bridgehead atoms. The van der Waals surface area contributed by atoms with E-state index in [1.807, 2.05) is 32.9 Å². The van der Waals surface area contributed by atoms with Gasteiger partial charge in [-0.2, -0.15) is 0 Å². The van der Waals surface area contributed by atoms with Gasteiger partial charge in [0.1, 0.15) is 6.61 Å². The number of allylic oxidation sites excluding steroid dienone is 3. The van der Waals surface area contributed by atoms with Crippen LogP contribution in [0.4, 0.5) is 0 Å². The van der Waals surface area contributed by atoms with Gasteiger partial charge in [0.2, 0.25) is 11.8 Å². The highest BCUT2D eigenvalue weighted by Crippen LogP contribution is 2.39. The number of amides is 1. The van der Waals surface area contributed by atoms with E-state index in [-0.39, 0.29) is 11.9 Å². The molecule has 0 aromatic rings. The van der Waals surface area contributed by atoms with E-state index < -0.39 is 5.41 Å². The van der Waals surface area contributed by atoms with Crippen LogP contribution in [0.5, 0.6) is 0 Å². The van der Waals surface area contributed by atoms with E-state index in [0.717, 1.165) is 25.1 Å². The molecule has 1 aliphatic carbocycles. The van der Waals surface area contributed by atoms with Crippen molar-refractivity contribution in [3.05, 3.63) is 23.6 Å². The Hall–Kier alpha value is -1.62. The molecule has 1 saturated heterocycles. The molecule has 1 heterocycles. The molecule has 1 amide bonds. The van der Waals surface area contributed by atoms with Gasteiger partial charge >= 0.3 is 0 Å². The lowest BCUT2D eigenvalue weighted by molar-refractivity contribution is -0.132. The number of likely N-dealkylation sites (N-methyl/N-ethyl adjacent to an activating group) is 1. The molecule has 24 heavy (non-hydrogen) atoms.